The molecule has 0 saturated carbocycles. The number of likely N-dealkylation sites (tertiary alicyclic amines) is 1. The Hall–Kier alpha value is -1.49. The second-order valence-corrected chi connectivity index (χ2v) is 7.33. The van der Waals surface area contributed by atoms with Crippen LogP contribution in [0.15, 0.2) is 24.3 Å². The van der Waals surface area contributed by atoms with Gasteiger partial charge in [0.1, 0.15) is 0 Å². The molecule has 22 heavy (non-hydrogen) atoms. The molecule has 0 N–H and O–H groups in total. The third-order valence-corrected chi connectivity index (χ3v) is 5.59. The Morgan fingerprint density at radius 3 is 2.45 bits per heavy atom. The molecule has 2 atom stereocenters. The predicted octanol–water partition coefficient (Wildman–Crippen LogP) is 2.09. The van der Waals surface area contributed by atoms with E-state index in [0.717, 1.165) is 30.2 Å². The van der Waals surface area contributed by atoms with E-state index < -0.39 is 0 Å². The van der Waals surface area contributed by atoms with Crippen LogP contribution in [0.5, 0.6) is 0 Å². The Balaban J connectivity index is 1.86. The zero-order valence-electron chi connectivity index (χ0n) is 13.1. The van der Waals surface area contributed by atoms with E-state index in [1.165, 1.54) is 5.56 Å². The third-order valence-electron chi connectivity index (χ3n) is 4.65. The highest BCUT2D eigenvalue weighted by molar-refractivity contribution is 7.99. The molecule has 0 radical (unpaired) electrons. The van der Waals surface area contributed by atoms with Gasteiger partial charge in [0, 0.05) is 38.1 Å². The van der Waals surface area contributed by atoms with Crippen molar-refractivity contribution in [2.24, 2.45) is 5.92 Å². The van der Waals surface area contributed by atoms with Crippen LogP contribution in [0.3, 0.4) is 0 Å². The lowest BCUT2D eigenvalue weighted by molar-refractivity contribution is -0.136. The van der Waals surface area contributed by atoms with Gasteiger partial charge in [0.05, 0.1) is 12.0 Å². The van der Waals surface area contributed by atoms with E-state index in [9.17, 15) is 9.59 Å². The summed E-state index contributed by atoms with van der Waals surface area (Å²) < 4.78 is 0. The Kier molecular flexibility index (Phi) is 4.43. The van der Waals surface area contributed by atoms with Gasteiger partial charge in [0.25, 0.3) is 0 Å². The lowest BCUT2D eigenvalue weighted by atomic mass is 9.92. The van der Waals surface area contributed by atoms with Gasteiger partial charge in [-0.2, -0.15) is 11.8 Å². The van der Waals surface area contributed by atoms with E-state index >= 15 is 0 Å². The summed E-state index contributed by atoms with van der Waals surface area (Å²) >= 11 is 1.89. The predicted molar refractivity (Wildman–Crippen MR) is 88.7 cm³/mol. The maximum absolute atomic E-state index is 12.9. The van der Waals surface area contributed by atoms with Crippen LogP contribution in [0.4, 0.5) is 0 Å². The Morgan fingerprint density at radius 2 is 1.82 bits per heavy atom. The fraction of sp³-hybridized carbons (Fsp3) is 0.529. The molecule has 2 fully saturated rings. The van der Waals surface area contributed by atoms with Crippen molar-refractivity contribution in [3.63, 3.8) is 0 Å². The highest BCUT2D eigenvalue weighted by Gasteiger charge is 2.44. The molecule has 2 saturated heterocycles. The molecule has 2 heterocycles. The van der Waals surface area contributed by atoms with E-state index in [0.29, 0.717) is 6.42 Å². The molecule has 1 aromatic rings. The molecule has 118 valence electrons. The first-order chi connectivity index (χ1) is 10.6. The zero-order valence-corrected chi connectivity index (χ0v) is 13.9. The van der Waals surface area contributed by atoms with Crippen LogP contribution in [0, 0.1) is 12.8 Å². The molecule has 0 spiro atoms. The first kappa shape index (κ1) is 15.4. The highest BCUT2D eigenvalue weighted by Crippen LogP contribution is 2.38. The molecule has 0 unspecified atom stereocenters. The van der Waals surface area contributed by atoms with Crippen molar-refractivity contribution in [3.8, 4) is 0 Å². The number of amides is 2. The summed E-state index contributed by atoms with van der Waals surface area (Å²) in [6, 6.07) is 8.05. The smallest absolute Gasteiger partial charge is 0.228 e. The van der Waals surface area contributed by atoms with Gasteiger partial charge < -0.3 is 9.80 Å². The van der Waals surface area contributed by atoms with E-state index in [2.05, 4.69) is 0 Å². The standard InChI is InChI=1S/C17H22N2O2S/c1-12-3-5-13(6-4-12)16-14(11-15(20)18(16)2)17(21)19-7-9-22-10-8-19/h3-6,14,16H,7-11H2,1-2H3/t14-,16-/m1/s1. The summed E-state index contributed by atoms with van der Waals surface area (Å²) in [7, 11) is 1.81. The summed E-state index contributed by atoms with van der Waals surface area (Å²) in [6.45, 7) is 3.65. The second-order valence-electron chi connectivity index (χ2n) is 6.11. The normalized spacial score (nSPS) is 25.6. The number of carbonyl (C=O) groups excluding carboxylic acids is 2. The molecule has 2 amide bonds. The molecule has 5 heteroatoms. The van der Waals surface area contributed by atoms with Gasteiger partial charge in [-0.15, -0.1) is 0 Å². The van der Waals surface area contributed by atoms with Crippen LogP contribution < -0.4 is 0 Å². The first-order valence-corrected chi connectivity index (χ1v) is 8.92. The summed E-state index contributed by atoms with van der Waals surface area (Å²) in [4.78, 5) is 28.7. The molecule has 2 aliphatic rings. The number of aryl methyl sites for hydroxylation is 1. The molecular formula is C17H22N2O2S. The molecule has 0 aliphatic carbocycles. The highest BCUT2D eigenvalue weighted by atomic mass is 32.2. The fourth-order valence-corrected chi connectivity index (χ4v) is 4.23. The molecule has 2 aliphatic heterocycles. The quantitative estimate of drug-likeness (QED) is 0.838. The number of rotatable bonds is 2. The maximum Gasteiger partial charge on any atom is 0.228 e. The second kappa shape index (κ2) is 6.32. The van der Waals surface area contributed by atoms with Crippen molar-refractivity contribution in [2.75, 3.05) is 31.6 Å². The van der Waals surface area contributed by atoms with Gasteiger partial charge in [0.15, 0.2) is 0 Å². The number of carbonyl (C=O) groups is 2. The van der Waals surface area contributed by atoms with Gasteiger partial charge in [0.2, 0.25) is 11.8 Å². The number of nitrogens with zero attached hydrogens (tertiary/aromatic N) is 2. The Bertz CT molecular complexity index is 567. The van der Waals surface area contributed by atoms with E-state index in [4.69, 9.17) is 0 Å². The van der Waals surface area contributed by atoms with Crippen molar-refractivity contribution in [1.82, 2.24) is 9.80 Å². The van der Waals surface area contributed by atoms with Gasteiger partial charge >= 0.3 is 0 Å². The topological polar surface area (TPSA) is 40.6 Å². The van der Waals surface area contributed by atoms with Crippen molar-refractivity contribution in [2.45, 2.75) is 19.4 Å². The first-order valence-electron chi connectivity index (χ1n) is 7.76. The SMILES string of the molecule is Cc1ccc([C@@H]2[C@H](C(=O)N3CCSCC3)CC(=O)N2C)cc1. The number of hydrogen-bond donors (Lipinski definition) is 0. The maximum atomic E-state index is 12.9. The summed E-state index contributed by atoms with van der Waals surface area (Å²) in [5.74, 6) is 1.96. The molecule has 0 aromatic heterocycles. The average molecular weight is 318 g/mol. The Morgan fingerprint density at radius 1 is 1.18 bits per heavy atom. The van der Waals surface area contributed by atoms with Gasteiger partial charge in [-0.1, -0.05) is 29.8 Å². The monoisotopic (exact) mass is 318 g/mol. The third kappa shape index (κ3) is 2.86. The molecule has 1 aromatic carbocycles. The minimum absolute atomic E-state index is 0.0651. The minimum Gasteiger partial charge on any atom is -0.341 e. The number of hydrogen-bond acceptors (Lipinski definition) is 3. The zero-order chi connectivity index (χ0) is 15.7. The Labute approximate surface area is 135 Å². The summed E-state index contributed by atoms with van der Waals surface area (Å²) in [5.41, 5.74) is 2.25. The van der Waals surface area contributed by atoms with Crippen LogP contribution in [0.1, 0.15) is 23.6 Å². The van der Waals surface area contributed by atoms with Crippen LogP contribution in [0.25, 0.3) is 0 Å². The van der Waals surface area contributed by atoms with E-state index in [1.807, 2.05) is 54.9 Å². The summed E-state index contributed by atoms with van der Waals surface area (Å²) in [5, 5.41) is 0. The summed E-state index contributed by atoms with van der Waals surface area (Å²) in [6.07, 6.45) is 0.331. The van der Waals surface area contributed by atoms with Crippen LogP contribution in [-0.2, 0) is 9.59 Å². The van der Waals surface area contributed by atoms with E-state index in [-0.39, 0.29) is 23.8 Å². The van der Waals surface area contributed by atoms with Crippen molar-refractivity contribution in [3.05, 3.63) is 35.4 Å². The molecular weight excluding hydrogens is 296 g/mol. The lowest BCUT2D eigenvalue weighted by Crippen LogP contribution is -2.42. The molecule has 3 rings (SSSR count). The number of benzene rings is 1. The van der Waals surface area contributed by atoms with Crippen molar-refractivity contribution < 1.29 is 9.59 Å². The molecule has 0 bridgehead atoms. The van der Waals surface area contributed by atoms with Gasteiger partial charge in [-0.05, 0) is 12.5 Å². The van der Waals surface area contributed by atoms with Crippen molar-refractivity contribution in [1.29, 1.82) is 0 Å². The minimum atomic E-state index is -0.247. The lowest BCUT2D eigenvalue weighted by Gasteiger charge is -2.32. The van der Waals surface area contributed by atoms with E-state index in [1.54, 1.807) is 4.90 Å². The largest absolute Gasteiger partial charge is 0.341 e. The van der Waals surface area contributed by atoms with Crippen LogP contribution in [-0.4, -0.2) is 53.3 Å². The fourth-order valence-electron chi connectivity index (χ4n) is 3.33. The van der Waals surface area contributed by atoms with Crippen LogP contribution in [0.2, 0.25) is 0 Å². The van der Waals surface area contributed by atoms with Gasteiger partial charge in [-0.3, -0.25) is 9.59 Å². The molecule has 4 nitrogen and oxygen atoms in total. The average Bonchev–Trinajstić information content (AvgIpc) is 2.84. The number of thioether (sulfide) groups is 1. The van der Waals surface area contributed by atoms with Gasteiger partial charge in [-0.25, -0.2) is 0 Å². The van der Waals surface area contributed by atoms with Crippen LogP contribution >= 0.6 is 11.8 Å². The van der Waals surface area contributed by atoms with Crippen molar-refractivity contribution >= 4 is 23.6 Å².